The van der Waals surface area contributed by atoms with Crippen LogP contribution in [0.3, 0.4) is 0 Å². The normalized spacial score (nSPS) is 16.2. The highest BCUT2D eigenvalue weighted by Crippen LogP contribution is 2.31. The molecule has 8 heteroatoms. The van der Waals surface area contributed by atoms with Crippen LogP contribution in [0.5, 0.6) is 5.75 Å². The second-order valence-corrected chi connectivity index (χ2v) is 7.67. The zero-order valence-corrected chi connectivity index (χ0v) is 16.7. The largest absolute Gasteiger partial charge is 0.494 e. The van der Waals surface area contributed by atoms with Gasteiger partial charge in [-0.05, 0) is 55.5 Å². The molecule has 2 aromatic rings. The molecule has 1 aliphatic heterocycles. The maximum atomic E-state index is 12.9. The average Bonchev–Trinajstić information content (AvgIpc) is 2.98. The summed E-state index contributed by atoms with van der Waals surface area (Å²) in [5, 5.41) is 2.16. The standard InChI is InChI=1S/C21H21FN2O4S/c1-2-28-17-9-7-16(8-10-17)24-20(26)13-18(21(24)27)29-12-11-19(25)23-15-5-3-14(22)4-6-15/h3-10,18H,2,11-13H2,1H3,(H,23,25). The first-order chi connectivity index (χ1) is 14.0. The number of carbonyl (C=O) groups excluding carboxylic acids is 3. The highest BCUT2D eigenvalue weighted by molar-refractivity contribution is 8.00. The number of anilines is 2. The molecule has 29 heavy (non-hydrogen) atoms. The summed E-state index contributed by atoms with van der Waals surface area (Å²) in [6.45, 7) is 2.41. The van der Waals surface area contributed by atoms with Crippen LogP contribution in [0.4, 0.5) is 15.8 Å². The lowest BCUT2D eigenvalue weighted by molar-refractivity contribution is -0.121. The molecule has 3 amide bonds. The molecule has 1 saturated heterocycles. The molecule has 1 heterocycles. The minimum absolute atomic E-state index is 0.107. The minimum Gasteiger partial charge on any atom is -0.494 e. The molecule has 0 saturated carbocycles. The van der Waals surface area contributed by atoms with Crippen LogP contribution in [-0.2, 0) is 14.4 Å². The molecule has 0 radical (unpaired) electrons. The third-order valence-electron chi connectivity index (χ3n) is 4.29. The van der Waals surface area contributed by atoms with E-state index in [-0.39, 0.29) is 36.4 Å². The summed E-state index contributed by atoms with van der Waals surface area (Å²) in [7, 11) is 0. The van der Waals surface area contributed by atoms with Gasteiger partial charge in [0, 0.05) is 24.3 Å². The summed E-state index contributed by atoms with van der Waals surface area (Å²) in [5.41, 5.74) is 1.02. The van der Waals surface area contributed by atoms with Crippen molar-refractivity contribution in [1.29, 1.82) is 0 Å². The summed E-state index contributed by atoms with van der Waals surface area (Å²) in [6, 6.07) is 12.3. The quantitative estimate of drug-likeness (QED) is 0.666. The summed E-state index contributed by atoms with van der Waals surface area (Å²) in [6.07, 6.45) is 0.291. The SMILES string of the molecule is CCOc1ccc(N2C(=O)CC(SCCC(=O)Nc3ccc(F)cc3)C2=O)cc1. The van der Waals surface area contributed by atoms with Gasteiger partial charge >= 0.3 is 0 Å². The van der Waals surface area contributed by atoms with Gasteiger partial charge in [0.2, 0.25) is 17.7 Å². The zero-order chi connectivity index (χ0) is 20.8. The number of hydrogen-bond donors (Lipinski definition) is 1. The van der Waals surface area contributed by atoms with Crippen molar-refractivity contribution in [1.82, 2.24) is 0 Å². The molecule has 152 valence electrons. The molecule has 6 nitrogen and oxygen atoms in total. The molecule has 1 atom stereocenters. The van der Waals surface area contributed by atoms with E-state index in [0.29, 0.717) is 29.5 Å². The number of benzene rings is 2. The Morgan fingerprint density at radius 1 is 1.17 bits per heavy atom. The number of hydrogen-bond acceptors (Lipinski definition) is 5. The average molecular weight is 416 g/mol. The Bertz CT molecular complexity index is 887. The summed E-state index contributed by atoms with van der Waals surface area (Å²) < 4.78 is 18.3. The van der Waals surface area contributed by atoms with Gasteiger partial charge in [-0.1, -0.05) is 0 Å². The van der Waals surface area contributed by atoms with Crippen molar-refractivity contribution in [2.45, 2.75) is 25.0 Å². The number of nitrogens with zero attached hydrogens (tertiary/aromatic N) is 1. The van der Waals surface area contributed by atoms with Crippen LogP contribution in [0.2, 0.25) is 0 Å². The fourth-order valence-electron chi connectivity index (χ4n) is 2.91. The van der Waals surface area contributed by atoms with E-state index < -0.39 is 5.25 Å². The first-order valence-corrected chi connectivity index (χ1v) is 10.3. The molecule has 1 fully saturated rings. The highest BCUT2D eigenvalue weighted by atomic mass is 32.2. The smallest absolute Gasteiger partial charge is 0.247 e. The topological polar surface area (TPSA) is 75.7 Å². The minimum atomic E-state index is -0.507. The number of halogens is 1. The Labute approximate surface area is 172 Å². The molecule has 0 spiro atoms. The third kappa shape index (κ3) is 5.35. The van der Waals surface area contributed by atoms with Crippen molar-refractivity contribution in [2.24, 2.45) is 0 Å². The van der Waals surface area contributed by atoms with Crippen molar-refractivity contribution in [2.75, 3.05) is 22.6 Å². The van der Waals surface area contributed by atoms with Crippen molar-refractivity contribution in [3.05, 3.63) is 54.3 Å². The van der Waals surface area contributed by atoms with Crippen LogP contribution in [0.15, 0.2) is 48.5 Å². The lowest BCUT2D eigenvalue weighted by Crippen LogP contribution is -2.31. The van der Waals surface area contributed by atoms with E-state index in [9.17, 15) is 18.8 Å². The van der Waals surface area contributed by atoms with Crippen molar-refractivity contribution < 1.29 is 23.5 Å². The Balaban J connectivity index is 1.50. The molecule has 0 aromatic heterocycles. The lowest BCUT2D eigenvalue weighted by atomic mass is 10.3. The van der Waals surface area contributed by atoms with Gasteiger partial charge in [0.05, 0.1) is 17.5 Å². The monoisotopic (exact) mass is 416 g/mol. The first-order valence-electron chi connectivity index (χ1n) is 9.24. The maximum absolute atomic E-state index is 12.9. The van der Waals surface area contributed by atoms with Gasteiger partial charge in [-0.2, -0.15) is 0 Å². The van der Waals surface area contributed by atoms with Gasteiger partial charge in [-0.15, -0.1) is 11.8 Å². The van der Waals surface area contributed by atoms with E-state index in [1.54, 1.807) is 24.3 Å². The van der Waals surface area contributed by atoms with E-state index >= 15 is 0 Å². The number of rotatable bonds is 8. The first kappa shape index (κ1) is 20.9. The van der Waals surface area contributed by atoms with E-state index in [1.807, 2.05) is 6.92 Å². The van der Waals surface area contributed by atoms with Gasteiger partial charge in [0.25, 0.3) is 0 Å². The Kier molecular flexibility index (Phi) is 6.87. The fraction of sp³-hybridized carbons (Fsp3) is 0.286. The van der Waals surface area contributed by atoms with E-state index in [0.717, 1.165) is 0 Å². The maximum Gasteiger partial charge on any atom is 0.247 e. The van der Waals surface area contributed by atoms with Gasteiger partial charge in [-0.3, -0.25) is 14.4 Å². The van der Waals surface area contributed by atoms with Crippen LogP contribution in [-0.4, -0.2) is 35.3 Å². The molecule has 0 aliphatic carbocycles. The lowest BCUT2D eigenvalue weighted by Gasteiger charge is -2.15. The molecule has 3 rings (SSSR count). The molecular formula is C21H21FN2O4S. The molecule has 1 aliphatic rings. The molecule has 1 unspecified atom stereocenters. The second kappa shape index (κ2) is 9.56. The molecule has 0 bridgehead atoms. The number of nitrogens with one attached hydrogen (secondary N) is 1. The Hall–Kier alpha value is -2.87. The van der Waals surface area contributed by atoms with Crippen LogP contribution in [0.1, 0.15) is 19.8 Å². The van der Waals surface area contributed by atoms with Crippen LogP contribution < -0.4 is 15.0 Å². The zero-order valence-electron chi connectivity index (χ0n) is 15.9. The number of ether oxygens (including phenoxy) is 1. The number of amides is 3. The predicted octanol–water partition coefficient (Wildman–Crippen LogP) is 3.62. The Morgan fingerprint density at radius 2 is 1.86 bits per heavy atom. The summed E-state index contributed by atoms with van der Waals surface area (Å²) in [4.78, 5) is 38.1. The molecule has 2 aromatic carbocycles. The summed E-state index contributed by atoms with van der Waals surface area (Å²) in [5.74, 6) is -0.0679. The van der Waals surface area contributed by atoms with Crippen LogP contribution in [0, 0.1) is 5.82 Å². The van der Waals surface area contributed by atoms with Gasteiger partial charge in [0.15, 0.2) is 0 Å². The molecular weight excluding hydrogens is 395 g/mol. The van der Waals surface area contributed by atoms with Gasteiger partial charge in [0.1, 0.15) is 11.6 Å². The predicted molar refractivity (Wildman–Crippen MR) is 111 cm³/mol. The van der Waals surface area contributed by atoms with E-state index in [1.165, 1.54) is 40.9 Å². The second-order valence-electron chi connectivity index (χ2n) is 6.36. The van der Waals surface area contributed by atoms with Crippen molar-refractivity contribution in [3.8, 4) is 5.75 Å². The van der Waals surface area contributed by atoms with Crippen LogP contribution in [0.25, 0.3) is 0 Å². The van der Waals surface area contributed by atoms with Gasteiger partial charge < -0.3 is 10.1 Å². The van der Waals surface area contributed by atoms with Crippen molar-refractivity contribution >= 4 is 40.9 Å². The third-order valence-corrected chi connectivity index (χ3v) is 5.50. The van der Waals surface area contributed by atoms with Gasteiger partial charge in [-0.25, -0.2) is 9.29 Å². The van der Waals surface area contributed by atoms with E-state index in [2.05, 4.69) is 5.32 Å². The van der Waals surface area contributed by atoms with Crippen LogP contribution >= 0.6 is 11.8 Å². The number of thioether (sulfide) groups is 1. The number of carbonyl (C=O) groups is 3. The van der Waals surface area contributed by atoms with E-state index in [4.69, 9.17) is 4.74 Å². The number of imide groups is 1. The Morgan fingerprint density at radius 3 is 2.52 bits per heavy atom. The molecule has 1 N–H and O–H groups in total. The highest BCUT2D eigenvalue weighted by Gasteiger charge is 2.39. The summed E-state index contributed by atoms with van der Waals surface area (Å²) >= 11 is 1.29. The fourth-order valence-corrected chi connectivity index (χ4v) is 4.01. The van der Waals surface area contributed by atoms with Crippen molar-refractivity contribution in [3.63, 3.8) is 0 Å².